The number of rotatable bonds is 6. The van der Waals surface area contributed by atoms with Crippen molar-refractivity contribution in [3.63, 3.8) is 0 Å². The summed E-state index contributed by atoms with van der Waals surface area (Å²) in [6.45, 7) is 2.00. The SMILES string of the molecule is CC=CCCCCC=CC(=O)O. The Morgan fingerprint density at radius 1 is 1.25 bits per heavy atom. The summed E-state index contributed by atoms with van der Waals surface area (Å²) in [5.41, 5.74) is 0. The van der Waals surface area contributed by atoms with E-state index in [1.54, 1.807) is 6.08 Å². The quantitative estimate of drug-likeness (QED) is 0.376. The number of allylic oxidation sites excluding steroid dienone is 3. The first-order valence-corrected chi connectivity index (χ1v) is 4.28. The van der Waals surface area contributed by atoms with E-state index in [2.05, 4.69) is 6.08 Å². The van der Waals surface area contributed by atoms with Gasteiger partial charge in [0.15, 0.2) is 0 Å². The van der Waals surface area contributed by atoms with Gasteiger partial charge in [0.2, 0.25) is 0 Å². The van der Waals surface area contributed by atoms with Gasteiger partial charge in [-0.15, -0.1) is 0 Å². The van der Waals surface area contributed by atoms with Crippen LogP contribution in [0.25, 0.3) is 0 Å². The molecular weight excluding hydrogens is 152 g/mol. The first kappa shape index (κ1) is 11.0. The highest BCUT2D eigenvalue weighted by Crippen LogP contribution is 2.01. The van der Waals surface area contributed by atoms with Crippen molar-refractivity contribution in [2.24, 2.45) is 0 Å². The average molecular weight is 168 g/mol. The summed E-state index contributed by atoms with van der Waals surface area (Å²) in [5.74, 6) is -0.858. The van der Waals surface area contributed by atoms with E-state index in [0.29, 0.717) is 0 Å². The number of aliphatic carboxylic acids is 1. The van der Waals surface area contributed by atoms with Crippen LogP contribution in [0.5, 0.6) is 0 Å². The molecule has 0 aromatic heterocycles. The van der Waals surface area contributed by atoms with Crippen molar-refractivity contribution in [2.45, 2.75) is 32.6 Å². The fourth-order valence-corrected chi connectivity index (χ4v) is 0.875. The Morgan fingerprint density at radius 2 is 1.83 bits per heavy atom. The molecule has 68 valence electrons. The Bertz CT molecular complexity index is 169. The minimum absolute atomic E-state index is 0.858. The van der Waals surface area contributed by atoms with Crippen LogP contribution in [-0.2, 0) is 4.79 Å². The van der Waals surface area contributed by atoms with Gasteiger partial charge in [-0.2, -0.15) is 0 Å². The summed E-state index contributed by atoms with van der Waals surface area (Å²) in [4.78, 5) is 10.0. The van der Waals surface area contributed by atoms with Crippen LogP contribution in [-0.4, -0.2) is 11.1 Å². The molecule has 0 aliphatic rings. The molecule has 2 nitrogen and oxygen atoms in total. The van der Waals surface area contributed by atoms with E-state index in [4.69, 9.17) is 5.11 Å². The third-order valence-electron chi connectivity index (χ3n) is 1.49. The highest BCUT2D eigenvalue weighted by atomic mass is 16.4. The van der Waals surface area contributed by atoms with Crippen LogP contribution >= 0.6 is 0 Å². The van der Waals surface area contributed by atoms with Gasteiger partial charge in [0.05, 0.1) is 0 Å². The maximum atomic E-state index is 10.0. The molecule has 0 aromatic carbocycles. The predicted octanol–water partition coefficient (Wildman–Crippen LogP) is 2.76. The van der Waals surface area contributed by atoms with Gasteiger partial charge in [-0.3, -0.25) is 0 Å². The first-order chi connectivity index (χ1) is 5.77. The van der Waals surface area contributed by atoms with Crippen LogP contribution in [0, 0.1) is 0 Å². The monoisotopic (exact) mass is 168 g/mol. The third-order valence-corrected chi connectivity index (χ3v) is 1.49. The summed E-state index contributed by atoms with van der Waals surface area (Å²) in [5, 5.41) is 8.26. The van der Waals surface area contributed by atoms with Crippen molar-refractivity contribution < 1.29 is 9.90 Å². The molecular formula is C10H16O2. The maximum absolute atomic E-state index is 10.0. The summed E-state index contributed by atoms with van der Waals surface area (Å²) in [6, 6.07) is 0. The molecule has 0 aromatic rings. The molecule has 0 rings (SSSR count). The van der Waals surface area contributed by atoms with E-state index in [0.717, 1.165) is 25.7 Å². The molecule has 2 heteroatoms. The lowest BCUT2D eigenvalue weighted by Crippen LogP contribution is -1.85. The first-order valence-electron chi connectivity index (χ1n) is 4.28. The summed E-state index contributed by atoms with van der Waals surface area (Å²) in [6.07, 6.45) is 11.2. The second-order valence-electron chi connectivity index (χ2n) is 2.59. The second kappa shape index (κ2) is 8.05. The van der Waals surface area contributed by atoms with Crippen LogP contribution in [0.1, 0.15) is 32.6 Å². The lowest BCUT2D eigenvalue weighted by molar-refractivity contribution is -0.131. The van der Waals surface area contributed by atoms with Crippen molar-refractivity contribution in [2.75, 3.05) is 0 Å². The minimum Gasteiger partial charge on any atom is -0.478 e. The molecule has 0 saturated heterocycles. The zero-order valence-electron chi connectivity index (χ0n) is 7.49. The second-order valence-corrected chi connectivity index (χ2v) is 2.59. The molecule has 0 radical (unpaired) electrons. The summed E-state index contributed by atoms with van der Waals surface area (Å²) < 4.78 is 0. The van der Waals surface area contributed by atoms with Crippen molar-refractivity contribution in [3.8, 4) is 0 Å². The van der Waals surface area contributed by atoms with Crippen LogP contribution < -0.4 is 0 Å². The van der Waals surface area contributed by atoms with Crippen LogP contribution in [0.2, 0.25) is 0 Å². The van der Waals surface area contributed by atoms with E-state index in [9.17, 15) is 4.79 Å². The van der Waals surface area contributed by atoms with Gasteiger partial charge in [0.1, 0.15) is 0 Å². The van der Waals surface area contributed by atoms with E-state index in [1.165, 1.54) is 6.08 Å². The zero-order chi connectivity index (χ0) is 9.23. The highest BCUT2D eigenvalue weighted by Gasteiger charge is 1.85. The highest BCUT2D eigenvalue weighted by molar-refractivity contribution is 5.79. The molecule has 0 spiro atoms. The van der Waals surface area contributed by atoms with Crippen molar-refractivity contribution in [1.29, 1.82) is 0 Å². The Hall–Kier alpha value is -1.05. The molecule has 0 amide bonds. The molecule has 0 aliphatic heterocycles. The number of carboxylic acids is 1. The smallest absolute Gasteiger partial charge is 0.327 e. The predicted molar refractivity (Wildman–Crippen MR) is 50.1 cm³/mol. The molecule has 0 unspecified atom stereocenters. The fraction of sp³-hybridized carbons (Fsp3) is 0.500. The lowest BCUT2D eigenvalue weighted by atomic mass is 10.2. The van der Waals surface area contributed by atoms with E-state index >= 15 is 0 Å². The van der Waals surface area contributed by atoms with Gasteiger partial charge in [0, 0.05) is 6.08 Å². The van der Waals surface area contributed by atoms with Crippen molar-refractivity contribution >= 4 is 5.97 Å². The molecule has 1 N–H and O–H groups in total. The van der Waals surface area contributed by atoms with Crippen molar-refractivity contribution in [3.05, 3.63) is 24.3 Å². The topological polar surface area (TPSA) is 37.3 Å². The summed E-state index contributed by atoms with van der Waals surface area (Å²) in [7, 11) is 0. The number of carboxylic acid groups (broad SMARTS) is 1. The van der Waals surface area contributed by atoms with E-state index < -0.39 is 5.97 Å². The lowest BCUT2D eigenvalue weighted by Gasteiger charge is -1.91. The molecule has 0 aliphatic carbocycles. The molecule has 0 heterocycles. The Kier molecular flexibility index (Phi) is 7.35. The van der Waals surface area contributed by atoms with Crippen LogP contribution in [0.3, 0.4) is 0 Å². The van der Waals surface area contributed by atoms with E-state index in [1.807, 2.05) is 13.0 Å². The zero-order valence-corrected chi connectivity index (χ0v) is 7.49. The minimum atomic E-state index is -0.858. The number of unbranched alkanes of at least 4 members (excludes halogenated alkanes) is 3. The Balaban J connectivity index is 3.16. The third kappa shape index (κ3) is 8.95. The molecule has 12 heavy (non-hydrogen) atoms. The molecule has 0 atom stereocenters. The standard InChI is InChI=1S/C10H16O2/c1-2-3-4-5-6-7-8-9-10(11)12/h2-3,8-9H,4-7H2,1H3,(H,11,12). The van der Waals surface area contributed by atoms with Gasteiger partial charge in [0.25, 0.3) is 0 Å². The maximum Gasteiger partial charge on any atom is 0.327 e. The largest absolute Gasteiger partial charge is 0.478 e. The average Bonchev–Trinajstić information content (AvgIpc) is 2.02. The van der Waals surface area contributed by atoms with Crippen molar-refractivity contribution in [1.82, 2.24) is 0 Å². The normalized spacial score (nSPS) is 11.4. The summed E-state index contributed by atoms with van der Waals surface area (Å²) >= 11 is 0. The number of hydrogen-bond acceptors (Lipinski definition) is 1. The number of hydrogen-bond donors (Lipinski definition) is 1. The van der Waals surface area contributed by atoms with Crippen LogP contribution in [0.4, 0.5) is 0 Å². The Labute approximate surface area is 73.6 Å². The van der Waals surface area contributed by atoms with Gasteiger partial charge < -0.3 is 5.11 Å². The van der Waals surface area contributed by atoms with Gasteiger partial charge in [-0.05, 0) is 32.6 Å². The van der Waals surface area contributed by atoms with E-state index in [-0.39, 0.29) is 0 Å². The van der Waals surface area contributed by atoms with Gasteiger partial charge in [-0.25, -0.2) is 4.79 Å². The van der Waals surface area contributed by atoms with Gasteiger partial charge >= 0.3 is 5.97 Å². The van der Waals surface area contributed by atoms with Crippen LogP contribution in [0.15, 0.2) is 24.3 Å². The fourth-order valence-electron chi connectivity index (χ4n) is 0.875. The number of carbonyl (C=O) groups is 1. The molecule has 0 fully saturated rings. The Morgan fingerprint density at radius 3 is 2.33 bits per heavy atom. The molecule has 0 saturated carbocycles. The molecule has 0 bridgehead atoms. The van der Waals surface area contributed by atoms with Gasteiger partial charge in [-0.1, -0.05) is 18.2 Å².